The van der Waals surface area contributed by atoms with Gasteiger partial charge in [0.15, 0.2) is 13.2 Å². The van der Waals surface area contributed by atoms with Crippen LogP contribution in [0, 0.1) is 0 Å². The Kier molecular flexibility index (Phi) is 3.88. The Labute approximate surface area is 92.9 Å². The van der Waals surface area contributed by atoms with Crippen LogP contribution in [0.1, 0.15) is 11.5 Å². The number of hydrogen-bond acceptors (Lipinski definition) is 5. The Morgan fingerprint density at radius 1 is 1.00 bits per heavy atom. The summed E-state index contributed by atoms with van der Waals surface area (Å²) in [6.07, 6.45) is 3.05. The molecule has 0 aromatic carbocycles. The topological polar surface area (TPSA) is 61.8 Å². The second-order valence-electron chi connectivity index (χ2n) is 2.93. The largest absolute Gasteiger partial charge is 0.698 e. The molecule has 16 heavy (non-hydrogen) atoms. The molecule has 0 saturated carbocycles. The van der Waals surface area contributed by atoms with Crippen LogP contribution in [-0.2, 0) is 26.8 Å². The Morgan fingerprint density at radius 3 is 1.88 bits per heavy atom. The average Bonchev–Trinajstić information content (AvgIpc) is 2.96. The van der Waals surface area contributed by atoms with E-state index in [0.29, 0.717) is 11.5 Å². The molecule has 0 atom stereocenters. The van der Waals surface area contributed by atoms with Crippen molar-refractivity contribution in [3.05, 3.63) is 48.3 Å². The fourth-order valence-corrected chi connectivity index (χ4v) is 1.60. The fraction of sp³-hybridized carbons (Fsp3) is 0.200. The first kappa shape index (κ1) is 11.1. The summed E-state index contributed by atoms with van der Waals surface area (Å²) >= 11 is 0. The molecule has 0 unspecified atom stereocenters. The SMILES string of the molecule is O=[P+](OCc1ccco1)OCc1ccco1. The summed E-state index contributed by atoms with van der Waals surface area (Å²) in [5, 5.41) is 0. The summed E-state index contributed by atoms with van der Waals surface area (Å²) in [5.41, 5.74) is 0. The lowest BCUT2D eigenvalue weighted by molar-refractivity contribution is 0.190. The molecule has 0 radical (unpaired) electrons. The van der Waals surface area contributed by atoms with Gasteiger partial charge in [-0.05, 0) is 24.3 Å². The van der Waals surface area contributed by atoms with E-state index < -0.39 is 8.25 Å². The van der Waals surface area contributed by atoms with Crippen LogP contribution in [0.4, 0.5) is 0 Å². The quantitative estimate of drug-likeness (QED) is 0.726. The van der Waals surface area contributed by atoms with Gasteiger partial charge in [0, 0.05) is 4.57 Å². The number of hydrogen-bond donors (Lipinski definition) is 0. The van der Waals surface area contributed by atoms with Crippen LogP contribution in [0.25, 0.3) is 0 Å². The van der Waals surface area contributed by atoms with E-state index in [-0.39, 0.29) is 13.2 Å². The Balaban J connectivity index is 1.69. The van der Waals surface area contributed by atoms with Gasteiger partial charge in [-0.3, -0.25) is 0 Å². The molecule has 0 amide bonds. The summed E-state index contributed by atoms with van der Waals surface area (Å²) in [7, 11) is -2.16. The van der Waals surface area contributed by atoms with E-state index >= 15 is 0 Å². The molecule has 5 nitrogen and oxygen atoms in total. The molecule has 0 aliphatic heterocycles. The van der Waals surface area contributed by atoms with E-state index in [4.69, 9.17) is 17.9 Å². The molecule has 0 spiro atoms. The van der Waals surface area contributed by atoms with Gasteiger partial charge in [-0.15, -0.1) is 9.05 Å². The maximum atomic E-state index is 11.3. The molecule has 84 valence electrons. The molecule has 0 aliphatic carbocycles. The molecule has 2 heterocycles. The molecule has 0 aliphatic rings. The highest BCUT2D eigenvalue weighted by Crippen LogP contribution is 2.27. The van der Waals surface area contributed by atoms with E-state index in [0.717, 1.165) is 0 Å². The number of rotatable bonds is 6. The summed E-state index contributed by atoms with van der Waals surface area (Å²) in [5.74, 6) is 1.20. The van der Waals surface area contributed by atoms with Crippen molar-refractivity contribution in [1.82, 2.24) is 0 Å². The third kappa shape index (κ3) is 3.31. The minimum Gasteiger partial charge on any atom is -0.467 e. The van der Waals surface area contributed by atoms with E-state index in [1.807, 2.05) is 0 Å². The third-order valence-electron chi connectivity index (χ3n) is 1.78. The molecule has 2 aromatic heterocycles. The minimum absolute atomic E-state index is 0.125. The standard InChI is InChI=1S/C10H10O5P/c11-16(14-7-9-3-1-5-12-9)15-8-10-4-2-6-13-10/h1-6H,7-8H2/q+1. The van der Waals surface area contributed by atoms with Crippen molar-refractivity contribution in [1.29, 1.82) is 0 Å². The van der Waals surface area contributed by atoms with Crippen LogP contribution in [0.2, 0.25) is 0 Å². The van der Waals surface area contributed by atoms with Crippen LogP contribution >= 0.6 is 8.25 Å². The first-order chi connectivity index (χ1) is 7.84. The van der Waals surface area contributed by atoms with E-state index in [1.165, 1.54) is 12.5 Å². The molecule has 0 fully saturated rings. The van der Waals surface area contributed by atoms with E-state index in [9.17, 15) is 4.57 Å². The zero-order valence-corrected chi connectivity index (χ0v) is 9.26. The van der Waals surface area contributed by atoms with Gasteiger partial charge in [0.25, 0.3) is 0 Å². The molecule has 0 saturated heterocycles. The molecule has 2 aromatic rings. The second-order valence-corrected chi connectivity index (χ2v) is 3.89. The maximum absolute atomic E-state index is 11.3. The zero-order valence-electron chi connectivity index (χ0n) is 8.37. The van der Waals surface area contributed by atoms with E-state index in [2.05, 4.69) is 0 Å². The summed E-state index contributed by atoms with van der Waals surface area (Å²) in [6.45, 7) is 0.251. The van der Waals surface area contributed by atoms with Gasteiger partial charge in [0.05, 0.1) is 12.5 Å². The van der Waals surface area contributed by atoms with Crippen molar-refractivity contribution in [2.24, 2.45) is 0 Å². The molecule has 0 N–H and O–H groups in total. The van der Waals surface area contributed by atoms with Crippen molar-refractivity contribution in [2.45, 2.75) is 13.2 Å². The molecule has 0 bridgehead atoms. The predicted molar refractivity (Wildman–Crippen MR) is 54.6 cm³/mol. The lowest BCUT2D eigenvalue weighted by Gasteiger charge is -1.89. The van der Waals surface area contributed by atoms with Gasteiger partial charge in [-0.25, -0.2) is 0 Å². The average molecular weight is 241 g/mol. The highest BCUT2D eigenvalue weighted by Gasteiger charge is 2.21. The molecule has 6 heteroatoms. The van der Waals surface area contributed by atoms with Crippen LogP contribution < -0.4 is 0 Å². The summed E-state index contributed by atoms with van der Waals surface area (Å²) in [6, 6.07) is 6.93. The Bertz CT molecular complexity index is 380. The summed E-state index contributed by atoms with van der Waals surface area (Å²) in [4.78, 5) is 0. The normalized spacial score (nSPS) is 10.5. The van der Waals surface area contributed by atoms with Crippen molar-refractivity contribution in [2.75, 3.05) is 0 Å². The first-order valence-corrected chi connectivity index (χ1v) is 5.72. The maximum Gasteiger partial charge on any atom is 0.698 e. The fourth-order valence-electron chi connectivity index (χ4n) is 1.06. The van der Waals surface area contributed by atoms with Gasteiger partial charge in [0.1, 0.15) is 11.5 Å². The molecular formula is C10H10O5P+. The highest BCUT2D eigenvalue weighted by molar-refractivity contribution is 7.33. The first-order valence-electron chi connectivity index (χ1n) is 4.62. The van der Waals surface area contributed by atoms with Gasteiger partial charge in [-0.1, -0.05) is 0 Å². The zero-order chi connectivity index (χ0) is 11.2. The monoisotopic (exact) mass is 241 g/mol. The van der Waals surface area contributed by atoms with Crippen molar-refractivity contribution >= 4 is 8.25 Å². The Hall–Kier alpha value is -1.42. The van der Waals surface area contributed by atoms with Crippen LogP contribution in [0.3, 0.4) is 0 Å². The lowest BCUT2D eigenvalue weighted by Crippen LogP contribution is -1.87. The van der Waals surface area contributed by atoms with Crippen molar-refractivity contribution < 1.29 is 22.4 Å². The van der Waals surface area contributed by atoms with Gasteiger partial charge >= 0.3 is 8.25 Å². The number of furan rings is 2. The van der Waals surface area contributed by atoms with Crippen LogP contribution in [-0.4, -0.2) is 0 Å². The molecular weight excluding hydrogens is 231 g/mol. The summed E-state index contributed by atoms with van der Waals surface area (Å²) < 4.78 is 31.1. The smallest absolute Gasteiger partial charge is 0.467 e. The van der Waals surface area contributed by atoms with Crippen molar-refractivity contribution in [3.63, 3.8) is 0 Å². The van der Waals surface area contributed by atoms with Crippen LogP contribution in [0.5, 0.6) is 0 Å². The second kappa shape index (κ2) is 5.61. The third-order valence-corrected chi connectivity index (χ3v) is 2.46. The Morgan fingerprint density at radius 2 is 1.50 bits per heavy atom. The minimum atomic E-state index is -2.16. The van der Waals surface area contributed by atoms with Crippen LogP contribution in [0.15, 0.2) is 45.6 Å². The van der Waals surface area contributed by atoms with Crippen molar-refractivity contribution in [3.8, 4) is 0 Å². The highest BCUT2D eigenvalue weighted by atomic mass is 31.1. The predicted octanol–water partition coefficient (Wildman–Crippen LogP) is 3.26. The van der Waals surface area contributed by atoms with Gasteiger partial charge < -0.3 is 8.83 Å². The van der Waals surface area contributed by atoms with Gasteiger partial charge in [0.2, 0.25) is 0 Å². The lowest BCUT2D eigenvalue weighted by atomic mass is 10.5. The molecule has 2 rings (SSSR count). The van der Waals surface area contributed by atoms with E-state index in [1.54, 1.807) is 24.3 Å². The van der Waals surface area contributed by atoms with Gasteiger partial charge in [-0.2, -0.15) is 0 Å².